The molecule has 6 nitrogen and oxygen atoms in total. The third-order valence-corrected chi connectivity index (χ3v) is 4.79. The van der Waals surface area contributed by atoms with Crippen LogP contribution in [0.1, 0.15) is 25.7 Å². The Morgan fingerprint density at radius 3 is 2.54 bits per heavy atom. The molecule has 0 amide bonds. The van der Waals surface area contributed by atoms with E-state index in [-0.39, 0.29) is 0 Å². The van der Waals surface area contributed by atoms with E-state index in [0.29, 0.717) is 12.1 Å². The van der Waals surface area contributed by atoms with E-state index in [0.717, 1.165) is 48.7 Å². The van der Waals surface area contributed by atoms with E-state index < -0.39 is 0 Å². The quantitative estimate of drug-likeness (QED) is 0.676. The maximum atomic E-state index is 6.35. The molecule has 0 spiro atoms. The van der Waals surface area contributed by atoms with Crippen molar-refractivity contribution < 1.29 is 0 Å². The van der Waals surface area contributed by atoms with Crippen LogP contribution >= 0.6 is 0 Å². The van der Waals surface area contributed by atoms with Crippen LogP contribution in [0.5, 0.6) is 0 Å². The average Bonchev–Trinajstić information content (AvgIpc) is 3.02. The van der Waals surface area contributed by atoms with Gasteiger partial charge >= 0.3 is 0 Å². The largest absolute Gasteiger partial charge is 0.396 e. The van der Waals surface area contributed by atoms with Crippen molar-refractivity contribution in [2.24, 2.45) is 11.5 Å². The maximum Gasteiger partial charge on any atom is 0.160 e. The normalized spacial score (nSPS) is 26.1. The van der Waals surface area contributed by atoms with Crippen molar-refractivity contribution in [1.29, 1.82) is 0 Å². The lowest BCUT2D eigenvalue weighted by Gasteiger charge is -2.34. The third-order valence-electron chi connectivity index (χ3n) is 4.79. The summed E-state index contributed by atoms with van der Waals surface area (Å²) in [5.74, 6) is 1.87. The van der Waals surface area contributed by atoms with Crippen LogP contribution in [0.2, 0.25) is 0 Å². The molecule has 0 bridgehead atoms. The molecule has 1 aromatic carbocycles. The maximum absolute atomic E-state index is 6.35. The van der Waals surface area contributed by atoms with Gasteiger partial charge < -0.3 is 16.8 Å². The lowest BCUT2D eigenvalue weighted by molar-refractivity contribution is 0.314. The predicted octanol–water partition coefficient (Wildman–Crippen LogP) is 1.63. The van der Waals surface area contributed by atoms with E-state index in [9.17, 15) is 0 Å². The van der Waals surface area contributed by atoms with Crippen LogP contribution in [0.3, 0.4) is 0 Å². The summed E-state index contributed by atoms with van der Waals surface area (Å²) in [7, 11) is 0. The van der Waals surface area contributed by atoms with Crippen molar-refractivity contribution in [3.05, 3.63) is 66.1 Å². The van der Waals surface area contributed by atoms with Crippen LogP contribution in [0.4, 0.5) is 5.69 Å². The highest BCUT2D eigenvalue weighted by Gasteiger charge is 2.28. The fraction of sp³-hybridized carbons (Fsp3) is 0.333. The Kier molecular flexibility index (Phi) is 3.82. The highest BCUT2D eigenvalue weighted by Crippen LogP contribution is 2.30. The summed E-state index contributed by atoms with van der Waals surface area (Å²) < 4.78 is 0. The summed E-state index contributed by atoms with van der Waals surface area (Å²) in [4.78, 5) is 2.08. The lowest BCUT2D eigenvalue weighted by Crippen LogP contribution is -2.46. The van der Waals surface area contributed by atoms with Crippen molar-refractivity contribution in [2.75, 3.05) is 4.90 Å². The molecule has 0 aromatic heterocycles. The van der Waals surface area contributed by atoms with Crippen molar-refractivity contribution in [3.8, 4) is 0 Å². The van der Waals surface area contributed by atoms with E-state index >= 15 is 0 Å². The minimum atomic E-state index is 0.355. The predicted molar refractivity (Wildman–Crippen MR) is 95.7 cm³/mol. The number of anilines is 1. The van der Waals surface area contributed by atoms with Gasteiger partial charge in [-0.05, 0) is 37.8 Å². The van der Waals surface area contributed by atoms with Gasteiger partial charge in [0.2, 0.25) is 0 Å². The summed E-state index contributed by atoms with van der Waals surface area (Å²) in [6.07, 6.45) is 10.3. The van der Waals surface area contributed by atoms with Gasteiger partial charge in [-0.25, -0.2) is 5.01 Å². The summed E-state index contributed by atoms with van der Waals surface area (Å²) in [6, 6.07) is 11.0. The highest BCUT2D eigenvalue weighted by molar-refractivity contribution is 5.59. The van der Waals surface area contributed by atoms with Crippen molar-refractivity contribution >= 4 is 5.69 Å². The second-order valence-electron chi connectivity index (χ2n) is 6.58. The van der Waals surface area contributed by atoms with Gasteiger partial charge in [-0.15, -0.1) is 0 Å². The number of hydrogen-bond acceptors (Lipinski definition) is 6. The molecule has 2 aliphatic heterocycles. The Hall–Kier alpha value is -2.60. The number of para-hydroxylation sites is 1. The Morgan fingerprint density at radius 1 is 1.04 bits per heavy atom. The van der Waals surface area contributed by atoms with E-state index in [4.69, 9.17) is 11.5 Å². The molecular formula is C18H24N6. The minimum absolute atomic E-state index is 0.355. The molecule has 6 N–H and O–H groups in total. The van der Waals surface area contributed by atoms with Crippen LogP contribution in [0, 0.1) is 0 Å². The molecule has 0 atom stereocenters. The number of hydrogen-bond donors (Lipinski definition) is 4. The molecule has 2 heterocycles. The van der Waals surface area contributed by atoms with Crippen LogP contribution in [-0.4, -0.2) is 17.1 Å². The SMILES string of the molecule is NC1=C2N(C=CN2c2ccccc2)NC(NC2CCC(N)CC2)=C1. The monoisotopic (exact) mass is 324 g/mol. The number of hydrazine groups is 1. The molecule has 1 aliphatic carbocycles. The number of nitrogens with two attached hydrogens (primary N) is 2. The van der Waals surface area contributed by atoms with Crippen LogP contribution in [0.15, 0.2) is 66.1 Å². The second kappa shape index (κ2) is 6.13. The molecule has 0 radical (unpaired) electrons. The highest BCUT2D eigenvalue weighted by atomic mass is 15.6. The number of allylic oxidation sites excluding steroid dienone is 1. The van der Waals surface area contributed by atoms with Gasteiger partial charge in [-0.3, -0.25) is 10.3 Å². The second-order valence-corrected chi connectivity index (χ2v) is 6.58. The lowest BCUT2D eigenvalue weighted by atomic mass is 9.92. The number of rotatable bonds is 3. The van der Waals surface area contributed by atoms with Gasteiger partial charge in [0.25, 0.3) is 0 Å². The number of fused-ring (bicyclic) bond motifs is 1. The number of benzene rings is 1. The fourth-order valence-electron chi connectivity index (χ4n) is 3.50. The summed E-state index contributed by atoms with van der Waals surface area (Å²) >= 11 is 0. The Labute approximate surface area is 142 Å². The van der Waals surface area contributed by atoms with Crippen molar-refractivity contribution in [1.82, 2.24) is 15.8 Å². The van der Waals surface area contributed by atoms with Crippen LogP contribution in [-0.2, 0) is 0 Å². The van der Waals surface area contributed by atoms with Crippen LogP contribution < -0.4 is 27.1 Å². The fourth-order valence-corrected chi connectivity index (χ4v) is 3.50. The van der Waals surface area contributed by atoms with Crippen molar-refractivity contribution in [3.63, 3.8) is 0 Å². The zero-order valence-electron chi connectivity index (χ0n) is 13.7. The van der Waals surface area contributed by atoms with Gasteiger partial charge in [0, 0.05) is 36.2 Å². The molecule has 1 aromatic rings. The standard InChI is InChI=1S/C18H24N6/c19-13-6-8-14(9-7-13)21-17-12-16(20)18-23(10-11-24(18)22-17)15-4-2-1-3-5-15/h1-5,10-14,21-22H,6-9,19-20H2. The summed E-state index contributed by atoms with van der Waals surface area (Å²) in [5, 5.41) is 5.52. The topological polar surface area (TPSA) is 82.6 Å². The molecular weight excluding hydrogens is 300 g/mol. The Bertz CT molecular complexity index is 685. The molecule has 1 fully saturated rings. The van der Waals surface area contributed by atoms with Gasteiger partial charge in [-0.1, -0.05) is 18.2 Å². The molecule has 6 heteroatoms. The van der Waals surface area contributed by atoms with Crippen molar-refractivity contribution in [2.45, 2.75) is 37.8 Å². The zero-order chi connectivity index (χ0) is 16.5. The van der Waals surface area contributed by atoms with Gasteiger partial charge in [0.1, 0.15) is 5.82 Å². The van der Waals surface area contributed by atoms with E-state index in [1.165, 1.54) is 0 Å². The van der Waals surface area contributed by atoms with Gasteiger partial charge in [-0.2, -0.15) is 0 Å². The minimum Gasteiger partial charge on any atom is -0.396 e. The molecule has 1 saturated carbocycles. The van der Waals surface area contributed by atoms with E-state index in [2.05, 4.69) is 27.8 Å². The van der Waals surface area contributed by atoms with Crippen LogP contribution in [0.25, 0.3) is 0 Å². The number of nitrogens with one attached hydrogen (secondary N) is 2. The van der Waals surface area contributed by atoms with Gasteiger partial charge in [0.05, 0.1) is 5.70 Å². The molecule has 0 saturated heterocycles. The third kappa shape index (κ3) is 2.80. The number of nitrogens with zero attached hydrogens (tertiary/aromatic N) is 2. The first-order chi connectivity index (χ1) is 11.7. The van der Waals surface area contributed by atoms with E-state index in [1.54, 1.807) is 0 Å². The average molecular weight is 324 g/mol. The summed E-state index contributed by atoms with van der Waals surface area (Å²) in [6.45, 7) is 0. The Morgan fingerprint density at radius 2 is 1.79 bits per heavy atom. The molecule has 0 unspecified atom stereocenters. The zero-order valence-corrected chi connectivity index (χ0v) is 13.7. The smallest absolute Gasteiger partial charge is 0.160 e. The first-order valence-electron chi connectivity index (χ1n) is 8.53. The molecule has 24 heavy (non-hydrogen) atoms. The molecule has 126 valence electrons. The van der Waals surface area contributed by atoms with Gasteiger partial charge in [0.15, 0.2) is 5.82 Å². The Balaban J connectivity index is 1.52. The van der Waals surface area contributed by atoms with E-state index in [1.807, 2.05) is 41.7 Å². The first kappa shape index (κ1) is 15.0. The molecule has 3 aliphatic rings. The molecule has 4 rings (SSSR count). The summed E-state index contributed by atoms with van der Waals surface area (Å²) in [5.41, 5.74) is 17.5. The first-order valence-corrected chi connectivity index (χ1v) is 8.53.